The highest BCUT2D eigenvalue weighted by molar-refractivity contribution is 7.86. The molecule has 0 spiro atoms. The normalized spacial score (nSPS) is 11.6. The highest BCUT2D eigenvalue weighted by Gasteiger charge is 2.15. The lowest BCUT2D eigenvalue weighted by Gasteiger charge is -2.16. The Morgan fingerprint density at radius 3 is 1.14 bits per heavy atom. The summed E-state index contributed by atoms with van der Waals surface area (Å²) in [6, 6.07) is 3.39. The fourth-order valence-electron chi connectivity index (χ4n) is 5.15. The monoisotopic (exact) mass is 740 g/mol. The highest BCUT2D eigenvalue weighted by Crippen LogP contribution is 2.29. The Labute approximate surface area is 288 Å². The molecule has 0 atom stereocenters. The lowest BCUT2D eigenvalue weighted by atomic mass is 10.1. The molecule has 5 aromatic rings. The second-order valence-electron chi connectivity index (χ2n) is 11.0. The third kappa shape index (κ3) is 11.0. The van der Waals surface area contributed by atoms with Crippen LogP contribution in [0.25, 0.3) is 10.8 Å². The van der Waals surface area contributed by atoms with E-state index in [1.54, 1.807) is 0 Å². The molecular weight excluding hydrogens is 697 g/mol. The van der Waals surface area contributed by atoms with E-state index in [1.807, 2.05) is 0 Å². The molecule has 0 unspecified atom stereocenters. The summed E-state index contributed by atoms with van der Waals surface area (Å²) >= 11 is 0. The first-order chi connectivity index (χ1) is 22.6. The molecule has 0 fully saturated rings. The highest BCUT2D eigenvalue weighted by atomic mass is 32.2. The maximum Gasteiger partial charge on any atom is 0.255 e. The number of rotatable bonds is 6. The van der Waals surface area contributed by atoms with Crippen LogP contribution in [0.1, 0.15) is 38.2 Å². The van der Waals surface area contributed by atoms with Crippen molar-refractivity contribution in [3.63, 3.8) is 0 Å². The Kier molecular flexibility index (Phi) is 14.0. The van der Waals surface area contributed by atoms with Crippen LogP contribution in [0.5, 0.6) is 0 Å². The summed E-state index contributed by atoms with van der Waals surface area (Å²) in [5.74, 6) is 4.07. The number of fused-ring (bicyclic) bond motifs is 1. The number of nitrogens with zero attached hydrogens (tertiary/aromatic N) is 6. The number of benzene rings is 2. The number of hydrogen-bond acceptors (Lipinski definition) is 9. The molecule has 270 valence electrons. The predicted molar refractivity (Wildman–Crippen MR) is 176 cm³/mol. The van der Waals surface area contributed by atoms with Gasteiger partial charge >= 0.3 is 0 Å². The smallest absolute Gasteiger partial charge is 0.255 e. The molecule has 0 aliphatic heterocycles. The van der Waals surface area contributed by atoms with Gasteiger partial charge in [-0.1, -0.05) is 26.8 Å². The van der Waals surface area contributed by atoms with E-state index < -0.39 is 45.0 Å². The van der Waals surface area contributed by atoms with Gasteiger partial charge in [-0.2, -0.15) is 0 Å². The van der Waals surface area contributed by atoms with Crippen molar-refractivity contribution in [3.05, 3.63) is 85.0 Å². The van der Waals surface area contributed by atoms with Crippen molar-refractivity contribution in [2.75, 3.05) is 0 Å². The Hall–Kier alpha value is -3.94. The van der Waals surface area contributed by atoms with Gasteiger partial charge in [-0.25, -0.2) is 52.7 Å². The van der Waals surface area contributed by atoms with Gasteiger partial charge < -0.3 is 13.7 Å². The summed E-state index contributed by atoms with van der Waals surface area (Å²) in [6.45, 7) is 6.49. The van der Waals surface area contributed by atoms with Crippen LogP contribution in [0, 0.1) is 0 Å². The molecule has 5 rings (SSSR count). The summed E-state index contributed by atoms with van der Waals surface area (Å²) in [7, 11) is -2.73. The van der Waals surface area contributed by atoms with Gasteiger partial charge in [-0.05, 0) is 35.0 Å². The largest absolute Gasteiger partial charge is 0.744 e. The van der Waals surface area contributed by atoms with Crippen molar-refractivity contribution in [1.82, 2.24) is 13.7 Å². The summed E-state index contributed by atoms with van der Waals surface area (Å²) in [5, 5.41) is -0.668. The lowest BCUT2D eigenvalue weighted by molar-refractivity contribution is -0.678. The van der Waals surface area contributed by atoms with E-state index in [9.17, 15) is 38.9 Å². The summed E-state index contributed by atoms with van der Waals surface area (Å²) in [5.41, 5.74) is 0. The van der Waals surface area contributed by atoms with E-state index in [4.69, 9.17) is 0 Å². The molecule has 0 saturated carbocycles. The molecule has 0 saturated heterocycles. The van der Waals surface area contributed by atoms with E-state index in [0.717, 1.165) is 31.4 Å². The van der Waals surface area contributed by atoms with Gasteiger partial charge in [0.05, 0.1) is 57.0 Å². The van der Waals surface area contributed by atoms with Gasteiger partial charge in [0, 0.05) is 19.3 Å². The molecule has 2 aromatic carbocycles. The zero-order valence-corrected chi connectivity index (χ0v) is 31.5. The van der Waals surface area contributed by atoms with E-state index >= 15 is 0 Å². The Bertz CT molecular complexity index is 2060. The van der Waals surface area contributed by atoms with Crippen LogP contribution in [0.3, 0.4) is 0 Å². The fraction of sp³-hybridized carbons (Fsp3) is 0.387. The minimum Gasteiger partial charge on any atom is -0.744 e. The van der Waals surface area contributed by atoms with Gasteiger partial charge in [0.25, 0.3) is 17.5 Å². The van der Waals surface area contributed by atoms with Crippen molar-refractivity contribution in [2.24, 2.45) is 42.3 Å². The van der Waals surface area contributed by atoms with Crippen molar-refractivity contribution >= 4 is 41.1 Å². The topological polar surface area (TPSA) is 198 Å². The zero-order valence-electron chi connectivity index (χ0n) is 29.1. The summed E-state index contributed by atoms with van der Waals surface area (Å²) < 4.78 is 112. The minimum atomic E-state index is -5.14. The quantitative estimate of drug-likeness (QED) is 0.178. The molecule has 0 aliphatic carbocycles. The molecule has 0 aliphatic rings. The lowest BCUT2D eigenvalue weighted by Crippen LogP contribution is -2.31. The molecule has 3 aromatic heterocycles. The van der Waals surface area contributed by atoms with Crippen molar-refractivity contribution in [3.8, 4) is 0 Å². The first kappa shape index (κ1) is 41.2. The molecule has 0 N–H and O–H groups in total. The molecule has 3 heterocycles. The molecule has 0 bridgehead atoms. The van der Waals surface area contributed by atoms with Gasteiger partial charge in [0.1, 0.15) is 67.5 Å². The maximum absolute atomic E-state index is 11.2. The van der Waals surface area contributed by atoms with E-state index in [-0.39, 0.29) is 10.8 Å². The zero-order chi connectivity index (χ0) is 37.5. The number of aryl methyl sites for hydroxylation is 6. The van der Waals surface area contributed by atoms with Gasteiger partial charge in [-0.3, -0.25) is 0 Å². The number of hydrogen-bond donors (Lipinski definition) is 0. The predicted octanol–water partition coefficient (Wildman–Crippen LogP) is 0.788. The van der Waals surface area contributed by atoms with Crippen molar-refractivity contribution < 1.29 is 52.6 Å². The first-order valence-electron chi connectivity index (χ1n) is 15.0. The summed E-state index contributed by atoms with van der Waals surface area (Å²) in [6.07, 6.45) is 15.7. The first-order valence-corrected chi connectivity index (χ1v) is 19.2. The van der Waals surface area contributed by atoms with Crippen molar-refractivity contribution in [2.45, 2.75) is 54.7 Å². The molecule has 0 radical (unpaired) electrons. The second kappa shape index (κ2) is 16.6. The van der Waals surface area contributed by atoms with Crippen molar-refractivity contribution in [1.29, 1.82) is 0 Å². The third-order valence-electron chi connectivity index (χ3n) is 7.64. The average molecular weight is 741 g/mol. The Balaban J connectivity index is 0.000000254. The Morgan fingerprint density at radius 2 is 0.898 bits per heavy atom. The molecule has 0 amide bonds. The van der Waals surface area contributed by atoms with Crippen LogP contribution in [-0.4, -0.2) is 52.6 Å². The fourth-order valence-corrected chi connectivity index (χ4v) is 6.99. The van der Waals surface area contributed by atoms with E-state index in [1.165, 1.54) is 17.5 Å². The van der Waals surface area contributed by atoms with Crippen LogP contribution in [0.2, 0.25) is 0 Å². The minimum absolute atomic E-state index is 0.310. The van der Waals surface area contributed by atoms with Gasteiger partial charge in [-0.15, -0.1) is 0 Å². The number of aromatic nitrogens is 6. The SMILES string of the molecule is CCc1n(C)cc[n+]1C.CCc1n(C)cc[n+]1C.CCc1n(C)cc[n+]1C.O=S(=O)([O-])c1ccc2c(S(=O)(=O)[O-])cc(S(=O)(=O)[O-])cc2c1. The molecule has 49 heavy (non-hydrogen) atoms. The molecular formula is C31H44N6O9S3. The van der Waals surface area contributed by atoms with E-state index in [2.05, 4.69) is 128 Å². The third-order valence-corrected chi connectivity index (χ3v) is 10.2. The average Bonchev–Trinajstić information content (AvgIpc) is 3.64. The van der Waals surface area contributed by atoms with Crippen LogP contribution >= 0.6 is 0 Å². The maximum atomic E-state index is 11.2. The van der Waals surface area contributed by atoms with Crippen LogP contribution in [0.4, 0.5) is 0 Å². The van der Waals surface area contributed by atoms with Gasteiger partial charge in [0.15, 0.2) is 0 Å². The standard InChI is InChI=1S/C10H8O9S3.3C7H13N2/c11-20(12,13)7-1-2-9-6(3-7)4-8(21(14,15)16)5-10(9)22(17,18)19;3*1-4-7-8(2)5-6-9(7)3/h1-5H,(H,11,12,13)(H,14,15,16)(H,17,18,19);3*5-6H,4H2,1-3H3/q;3*+1/p-3. The number of imidazole rings is 3. The van der Waals surface area contributed by atoms with E-state index in [0.29, 0.717) is 18.2 Å². The Morgan fingerprint density at radius 1 is 0.551 bits per heavy atom. The molecule has 18 heteroatoms. The second-order valence-corrected chi connectivity index (χ2v) is 15.1. The summed E-state index contributed by atoms with van der Waals surface area (Å²) in [4.78, 5) is -2.81. The van der Waals surface area contributed by atoms with Crippen LogP contribution < -0.4 is 13.7 Å². The van der Waals surface area contributed by atoms with Crippen LogP contribution in [-0.2, 0) is 91.9 Å². The van der Waals surface area contributed by atoms with Crippen LogP contribution in [0.15, 0.2) is 82.2 Å². The molecule has 15 nitrogen and oxygen atoms in total. The van der Waals surface area contributed by atoms with Gasteiger partial charge in [0.2, 0.25) is 0 Å².